The minimum Gasteiger partial charge on any atom is -0.461 e. The van der Waals surface area contributed by atoms with Crippen molar-refractivity contribution in [1.82, 2.24) is 0 Å². The van der Waals surface area contributed by atoms with Crippen LogP contribution in [0.4, 0.5) is 0 Å². The molecule has 0 N–H and O–H groups in total. The smallest absolute Gasteiger partial charge is 0.302 e. The van der Waals surface area contributed by atoms with Crippen molar-refractivity contribution in [1.29, 1.82) is 0 Å². The summed E-state index contributed by atoms with van der Waals surface area (Å²) < 4.78 is 4.84. The van der Waals surface area contributed by atoms with Gasteiger partial charge in [0.25, 0.3) is 0 Å². The molecule has 0 saturated heterocycles. The van der Waals surface area contributed by atoms with E-state index in [0.717, 1.165) is 17.6 Å². The van der Waals surface area contributed by atoms with Crippen LogP contribution >= 0.6 is 0 Å². The molecule has 0 heterocycles. The fraction of sp³-hybridized carbons (Fsp3) is 0.417. The second-order valence-corrected chi connectivity index (χ2v) is 3.22. The zero-order valence-corrected chi connectivity index (χ0v) is 9.17. The Morgan fingerprint density at radius 3 is 2.43 bits per heavy atom. The van der Waals surface area contributed by atoms with E-state index >= 15 is 0 Å². The number of hydrogen-bond donors (Lipinski definition) is 0. The fourth-order valence-electron chi connectivity index (χ4n) is 0.804. The Balaban J connectivity index is 3.88. The van der Waals surface area contributed by atoms with Crippen LogP contribution in [0.1, 0.15) is 27.2 Å². The van der Waals surface area contributed by atoms with Crippen LogP contribution in [0.5, 0.6) is 0 Å². The summed E-state index contributed by atoms with van der Waals surface area (Å²) in [6.07, 6.45) is 6.78. The second kappa shape index (κ2) is 7.13. The van der Waals surface area contributed by atoms with Gasteiger partial charge in [-0.1, -0.05) is 30.4 Å². The van der Waals surface area contributed by atoms with E-state index in [1.807, 2.05) is 26.0 Å². The van der Waals surface area contributed by atoms with Gasteiger partial charge in [-0.3, -0.25) is 4.79 Å². The van der Waals surface area contributed by atoms with E-state index in [4.69, 9.17) is 4.74 Å². The van der Waals surface area contributed by atoms with Gasteiger partial charge in [-0.2, -0.15) is 0 Å². The lowest BCUT2D eigenvalue weighted by atomic mass is 10.2. The molecule has 0 aromatic rings. The average molecular weight is 194 g/mol. The molecule has 0 radical (unpaired) electrons. The summed E-state index contributed by atoms with van der Waals surface area (Å²) in [6.45, 7) is 9.40. The zero-order chi connectivity index (χ0) is 11.0. The molecule has 0 bridgehead atoms. The molecule has 2 nitrogen and oxygen atoms in total. The SMILES string of the molecule is C=C/C(C)=C\C/C=C(\C)COC(C)=O. The topological polar surface area (TPSA) is 26.3 Å². The lowest BCUT2D eigenvalue weighted by Gasteiger charge is -2.00. The van der Waals surface area contributed by atoms with Gasteiger partial charge in [0.15, 0.2) is 0 Å². The number of hydrogen-bond acceptors (Lipinski definition) is 2. The normalized spacial score (nSPS) is 12.5. The van der Waals surface area contributed by atoms with Crippen molar-refractivity contribution in [2.75, 3.05) is 6.61 Å². The monoisotopic (exact) mass is 194 g/mol. The van der Waals surface area contributed by atoms with Gasteiger partial charge in [0.05, 0.1) is 0 Å². The minimum atomic E-state index is -0.240. The first-order valence-electron chi connectivity index (χ1n) is 4.64. The highest BCUT2D eigenvalue weighted by molar-refractivity contribution is 5.66. The van der Waals surface area contributed by atoms with Crippen molar-refractivity contribution < 1.29 is 9.53 Å². The molecule has 0 saturated carbocycles. The van der Waals surface area contributed by atoms with Gasteiger partial charge in [0.2, 0.25) is 0 Å². The summed E-state index contributed by atoms with van der Waals surface area (Å²) in [7, 11) is 0. The standard InChI is InChI=1S/C12H18O2/c1-5-10(2)7-6-8-11(3)9-14-12(4)13/h5,7-8H,1,6,9H2,2-4H3/b10-7-,11-8+. The maximum Gasteiger partial charge on any atom is 0.302 e. The van der Waals surface area contributed by atoms with Crippen LogP contribution in [-0.4, -0.2) is 12.6 Å². The molecule has 0 atom stereocenters. The van der Waals surface area contributed by atoms with E-state index in [1.165, 1.54) is 6.92 Å². The van der Waals surface area contributed by atoms with E-state index in [0.29, 0.717) is 6.61 Å². The number of esters is 1. The van der Waals surface area contributed by atoms with E-state index in [1.54, 1.807) is 0 Å². The first kappa shape index (κ1) is 12.7. The van der Waals surface area contributed by atoms with Gasteiger partial charge < -0.3 is 4.74 Å². The summed E-state index contributed by atoms with van der Waals surface area (Å²) >= 11 is 0. The summed E-state index contributed by atoms with van der Waals surface area (Å²) in [4.78, 5) is 10.5. The maximum absolute atomic E-state index is 10.5. The van der Waals surface area contributed by atoms with Crippen LogP contribution in [0.25, 0.3) is 0 Å². The molecule has 2 heteroatoms. The third-order valence-electron chi connectivity index (χ3n) is 1.73. The molecular formula is C12H18O2. The first-order chi connectivity index (χ1) is 6.56. The third kappa shape index (κ3) is 7.35. The number of ether oxygens (including phenoxy) is 1. The van der Waals surface area contributed by atoms with Crippen LogP contribution in [0.2, 0.25) is 0 Å². The van der Waals surface area contributed by atoms with Crippen LogP contribution in [0, 0.1) is 0 Å². The van der Waals surface area contributed by atoms with Gasteiger partial charge in [0, 0.05) is 6.92 Å². The summed E-state index contributed by atoms with van der Waals surface area (Å²) in [6, 6.07) is 0. The van der Waals surface area contributed by atoms with Crippen LogP contribution in [0.15, 0.2) is 36.0 Å². The van der Waals surface area contributed by atoms with Crippen LogP contribution in [0.3, 0.4) is 0 Å². The summed E-state index contributed by atoms with van der Waals surface area (Å²) in [5, 5.41) is 0. The quantitative estimate of drug-likeness (QED) is 0.382. The molecule has 0 fully saturated rings. The van der Waals surface area contributed by atoms with Gasteiger partial charge in [-0.25, -0.2) is 0 Å². The van der Waals surface area contributed by atoms with Crippen molar-refractivity contribution in [2.45, 2.75) is 27.2 Å². The van der Waals surface area contributed by atoms with Crippen molar-refractivity contribution in [3.8, 4) is 0 Å². The second-order valence-electron chi connectivity index (χ2n) is 3.22. The molecule has 0 aliphatic rings. The van der Waals surface area contributed by atoms with E-state index in [9.17, 15) is 4.79 Å². The Bertz CT molecular complexity index is 259. The van der Waals surface area contributed by atoms with Gasteiger partial charge in [0.1, 0.15) is 6.61 Å². The first-order valence-corrected chi connectivity index (χ1v) is 4.64. The molecule has 0 aliphatic carbocycles. The van der Waals surface area contributed by atoms with Crippen LogP contribution in [-0.2, 0) is 9.53 Å². The van der Waals surface area contributed by atoms with Crippen molar-refractivity contribution in [3.05, 3.63) is 36.0 Å². The molecule has 14 heavy (non-hydrogen) atoms. The number of allylic oxidation sites excluding steroid dienone is 4. The summed E-state index contributed by atoms with van der Waals surface area (Å²) in [5.74, 6) is -0.240. The van der Waals surface area contributed by atoms with E-state index in [2.05, 4.69) is 12.7 Å². The highest BCUT2D eigenvalue weighted by Gasteiger charge is 1.92. The Morgan fingerprint density at radius 2 is 1.93 bits per heavy atom. The molecule has 0 spiro atoms. The molecule has 0 rings (SSSR count). The molecule has 0 aliphatic heterocycles. The average Bonchev–Trinajstić information content (AvgIpc) is 2.14. The van der Waals surface area contributed by atoms with Crippen molar-refractivity contribution in [2.24, 2.45) is 0 Å². The number of carbonyl (C=O) groups excluding carboxylic acids is 1. The largest absolute Gasteiger partial charge is 0.461 e. The lowest BCUT2D eigenvalue weighted by molar-refractivity contribution is -0.139. The number of carbonyl (C=O) groups is 1. The summed E-state index contributed by atoms with van der Waals surface area (Å²) in [5.41, 5.74) is 2.22. The molecule has 0 unspecified atom stereocenters. The van der Waals surface area contributed by atoms with E-state index < -0.39 is 0 Å². The molecule has 0 amide bonds. The molecule has 78 valence electrons. The minimum absolute atomic E-state index is 0.240. The third-order valence-corrected chi connectivity index (χ3v) is 1.73. The van der Waals surface area contributed by atoms with E-state index in [-0.39, 0.29) is 5.97 Å². The Labute approximate surface area is 86.0 Å². The Hall–Kier alpha value is -1.31. The fourth-order valence-corrected chi connectivity index (χ4v) is 0.804. The Kier molecular flexibility index (Phi) is 6.46. The van der Waals surface area contributed by atoms with Crippen molar-refractivity contribution >= 4 is 5.97 Å². The van der Waals surface area contributed by atoms with Gasteiger partial charge in [-0.05, 0) is 25.8 Å². The predicted octanol–water partition coefficient (Wildman–Crippen LogP) is 3.02. The van der Waals surface area contributed by atoms with Crippen molar-refractivity contribution in [3.63, 3.8) is 0 Å². The molecule has 0 aromatic heterocycles. The molecule has 0 aromatic carbocycles. The van der Waals surface area contributed by atoms with Gasteiger partial charge in [-0.15, -0.1) is 0 Å². The lowest BCUT2D eigenvalue weighted by Crippen LogP contribution is -2.01. The maximum atomic E-state index is 10.5. The molecular weight excluding hydrogens is 176 g/mol. The Morgan fingerprint density at radius 1 is 1.29 bits per heavy atom. The number of rotatable bonds is 5. The highest BCUT2D eigenvalue weighted by Crippen LogP contribution is 2.01. The predicted molar refractivity (Wildman–Crippen MR) is 59.0 cm³/mol. The zero-order valence-electron chi connectivity index (χ0n) is 9.17. The van der Waals surface area contributed by atoms with Crippen LogP contribution < -0.4 is 0 Å². The highest BCUT2D eigenvalue weighted by atomic mass is 16.5. The van der Waals surface area contributed by atoms with Gasteiger partial charge >= 0.3 is 5.97 Å².